The minimum absolute atomic E-state index is 0.237. The summed E-state index contributed by atoms with van der Waals surface area (Å²) in [6.07, 6.45) is 0. The number of nitrogens with one attached hydrogen (secondary N) is 1. The summed E-state index contributed by atoms with van der Waals surface area (Å²) in [5.74, 6) is 0.325. The zero-order valence-corrected chi connectivity index (χ0v) is 17.9. The Kier molecular flexibility index (Phi) is 4.57. The molecule has 2 aromatic heterocycles. The van der Waals surface area contributed by atoms with Crippen molar-refractivity contribution >= 4 is 55.7 Å². The summed E-state index contributed by atoms with van der Waals surface area (Å²) >= 11 is 7.81. The second-order valence-corrected chi connectivity index (χ2v) is 8.70. The van der Waals surface area contributed by atoms with E-state index in [-0.39, 0.29) is 5.91 Å². The molecule has 0 aliphatic carbocycles. The van der Waals surface area contributed by atoms with Crippen LogP contribution in [0.25, 0.3) is 32.6 Å². The van der Waals surface area contributed by atoms with Crippen LogP contribution in [0.5, 0.6) is 0 Å². The highest BCUT2D eigenvalue weighted by atomic mass is 35.5. The topological polar surface area (TPSA) is 55.1 Å². The Hall–Kier alpha value is -3.15. The summed E-state index contributed by atoms with van der Waals surface area (Å²) in [6.45, 7) is 4.10. The molecule has 1 N–H and O–H groups in total. The third kappa shape index (κ3) is 3.36. The van der Waals surface area contributed by atoms with E-state index in [1.54, 1.807) is 6.07 Å². The molecule has 148 valence electrons. The van der Waals surface area contributed by atoms with E-state index in [0.717, 1.165) is 26.8 Å². The fraction of sp³-hybridized carbons (Fsp3) is 0.0833. The molecule has 4 nitrogen and oxygen atoms in total. The summed E-state index contributed by atoms with van der Waals surface area (Å²) in [6, 6.07) is 19.3. The lowest BCUT2D eigenvalue weighted by Crippen LogP contribution is -2.10. The van der Waals surface area contributed by atoms with Crippen molar-refractivity contribution in [1.82, 2.24) is 4.98 Å². The second-order valence-electron chi connectivity index (χ2n) is 7.27. The zero-order valence-electron chi connectivity index (χ0n) is 16.3. The monoisotopic (exact) mass is 432 g/mol. The first kappa shape index (κ1) is 18.9. The maximum Gasteiger partial charge on any atom is 0.267 e. The number of carbonyl (C=O) groups excluding carboxylic acids is 1. The third-order valence-electron chi connectivity index (χ3n) is 4.86. The predicted octanol–water partition coefficient (Wildman–Crippen LogP) is 7.23. The van der Waals surface area contributed by atoms with Gasteiger partial charge in [0.15, 0.2) is 5.58 Å². The highest BCUT2D eigenvalue weighted by Crippen LogP contribution is 2.36. The number of anilines is 1. The lowest BCUT2D eigenvalue weighted by atomic mass is 10.1. The van der Waals surface area contributed by atoms with Gasteiger partial charge in [0.25, 0.3) is 5.91 Å². The molecule has 0 spiro atoms. The first-order valence-electron chi connectivity index (χ1n) is 9.45. The van der Waals surface area contributed by atoms with Gasteiger partial charge >= 0.3 is 0 Å². The number of aromatic nitrogens is 1. The predicted molar refractivity (Wildman–Crippen MR) is 124 cm³/mol. The fourth-order valence-electron chi connectivity index (χ4n) is 3.57. The van der Waals surface area contributed by atoms with Crippen molar-refractivity contribution < 1.29 is 9.21 Å². The van der Waals surface area contributed by atoms with Gasteiger partial charge in [-0.2, -0.15) is 0 Å². The molecule has 0 radical (unpaired) electrons. The Labute approximate surface area is 182 Å². The normalized spacial score (nSPS) is 11.3. The summed E-state index contributed by atoms with van der Waals surface area (Å²) in [5.41, 5.74) is 5.24. The van der Waals surface area contributed by atoms with Crippen molar-refractivity contribution in [2.24, 2.45) is 0 Å². The van der Waals surface area contributed by atoms with Crippen LogP contribution in [0.3, 0.4) is 0 Å². The molecule has 5 rings (SSSR count). The van der Waals surface area contributed by atoms with Gasteiger partial charge < -0.3 is 9.73 Å². The highest BCUT2D eigenvalue weighted by molar-refractivity contribution is 7.21. The minimum atomic E-state index is -0.237. The van der Waals surface area contributed by atoms with E-state index in [1.165, 1.54) is 11.3 Å². The Morgan fingerprint density at radius 2 is 1.80 bits per heavy atom. The number of nitrogens with zero attached hydrogens (tertiary/aromatic N) is 1. The number of hydrogen-bond donors (Lipinski definition) is 1. The van der Waals surface area contributed by atoms with E-state index in [0.29, 0.717) is 32.6 Å². The molecular formula is C24H17ClN2O2S. The van der Waals surface area contributed by atoms with E-state index in [1.807, 2.05) is 62.4 Å². The SMILES string of the molecule is Cc1cc(C)cc(-c2nc3cc(NC(=O)c4sc5ccccc5c4Cl)ccc3o2)c1. The molecule has 0 aliphatic heterocycles. The van der Waals surface area contributed by atoms with Gasteiger partial charge in [-0.15, -0.1) is 11.3 Å². The summed E-state index contributed by atoms with van der Waals surface area (Å²) in [5, 5.41) is 4.29. The van der Waals surface area contributed by atoms with Crippen LogP contribution in [-0.2, 0) is 0 Å². The fourth-order valence-corrected chi connectivity index (χ4v) is 4.99. The molecule has 0 aliphatic rings. The van der Waals surface area contributed by atoms with E-state index >= 15 is 0 Å². The standard InChI is InChI=1S/C24H17ClN2O2S/c1-13-9-14(2)11-15(10-13)24-27-18-12-16(7-8-19(18)29-24)26-23(28)22-21(25)17-5-3-4-6-20(17)30-22/h3-12H,1-2H3,(H,26,28). The molecule has 0 saturated heterocycles. The number of fused-ring (bicyclic) bond motifs is 2. The molecule has 0 saturated carbocycles. The molecule has 3 aromatic carbocycles. The van der Waals surface area contributed by atoms with Gasteiger partial charge in [-0.25, -0.2) is 4.98 Å². The Morgan fingerprint density at radius 1 is 1.03 bits per heavy atom. The smallest absolute Gasteiger partial charge is 0.267 e. The number of carbonyl (C=O) groups is 1. The van der Waals surface area contributed by atoms with Crippen LogP contribution in [0.4, 0.5) is 5.69 Å². The molecule has 0 bridgehead atoms. The number of rotatable bonds is 3. The van der Waals surface area contributed by atoms with Gasteiger partial charge in [0, 0.05) is 21.3 Å². The van der Waals surface area contributed by atoms with Gasteiger partial charge in [-0.05, 0) is 50.2 Å². The number of amides is 1. The van der Waals surface area contributed by atoms with E-state index in [4.69, 9.17) is 16.0 Å². The first-order chi connectivity index (χ1) is 14.5. The van der Waals surface area contributed by atoms with Gasteiger partial charge in [0.05, 0.1) is 5.02 Å². The Bertz CT molecular complexity index is 1410. The number of aryl methyl sites for hydroxylation is 2. The average molecular weight is 433 g/mol. The number of oxazole rings is 1. The summed E-state index contributed by atoms with van der Waals surface area (Å²) in [4.78, 5) is 17.9. The maximum atomic E-state index is 12.8. The van der Waals surface area contributed by atoms with Crippen LogP contribution in [-0.4, -0.2) is 10.9 Å². The van der Waals surface area contributed by atoms with Crippen molar-refractivity contribution in [1.29, 1.82) is 0 Å². The van der Waals surface area contributed by atoms with Gasteiger partial charge in [0.1, 0.15) is 10.4 Å². The lowest BCUT2D eigenvalue weighted by Gasteiger charge is -2.03. The van der Waals surface area contributed by atoms with Crippen LogP contribution < -0.4 is 5.32 Å². The first-order valence-corrected chi connectivity index (χ1v) is 10.6. The van der Waals surface area contributed by atoms with Gasteiger partial charge in [0.2, 0.25) is 5.89 Å². The molecule has 1 amide bonds. The average Bonchev–Trinajstić information content (AvgIpc) is 3.28. The van der Waals surface area contributed by atoms with Crippen molar-refractivity contribution in [3.8, 4) is 11.5 Å². The third-order valence-corrected chi connectivity index (χ3v) is 6.53. The second kappa shape index (κ2) is 7.27. The van der Waals surface area contributed by atoms with Crippen molar-refractivity contribution in [3.63, 3.8) is 0 Å². The van der Waals surface area contributed by atoms with Crippen LogP contribution in [0.2, 0.25) is 5.02 Å². The molecule has 6 heteroatoms. The molecule has 0 unspecified atom stereocenters. The van der Waals surface area contributed by atoms with Crippen LogP contribution >= 0.6 is 22.9 Å². The van der Waals surface area contributed by atoms with Crippen LogP contribution in [0.1, 0.15) is 20.8 Å². The molecule has 5 aromatic rings. The summed E-state index contributed by atoms with van der Waals surface area (Å²) in [7, 11) is 0. The van der Waals surface area contributed by atoms with Crippen LogP contribution in [0, 0.1) is 13.8 Å². The largest absolute Gasteiger partial charge is 0.436 e. The van der Waals surface area contributed by atoms with E-state index in [2.05, 4.69) is 16.4 Å². The van der Waals surface area contributed by atoms with Crippen molar-refractivity contribution in [2.75, 3.05) is 5.32 Å². The molecule has 0 atom stereocenters. The number of hydrogen-bond acceptors (Lipinski definition) is 4. The number of benzene rings is 3. The number of halogens is 1. The number of thiophene rings is 1. The molecule has 30 heavy (non-hydrogen) atoms. The lowest BCUT2D eigenvalue weighted by molar-refractivity contribution is 0.103. The molecular weight excluding hydrogens is 416 g/mol. The van der Waals surface area contributed by atoms with Crippen molar-refractivity contribution in [3.05, 3.63) is 81.7 Å². The zero-order chi connectivity index (χ0) is 20.8. The van der Waals surface area contributed by atoms with Crippen molar-refractivity contribution in [2.45, 2.75) is 13.8 Å². The summed E-state index contributed by atoms with van der Waals surface area (Å²) < 4.78 is 6.91. The minimum Gasteiger partial charge on any atom is -0.436 e. The van der Waals surface area contributed by atoms with Gasteiger partial charge in [-0.1, -0.05) is 47.0 Å². The Balaban J connectivity index is 1.46. The van der Waals surface area contributed by atoms with E-state index in [9.17, 15) is 4.79 Å². The maximum absolute atomic E-state index is 12.8. The Morgan fingerprint density at radius 3 is 2.57 bits per heavy atom. The highest BCUT2D eigenvalue weighted by Gasteiger charge is 2.18. The van der Waals surface area contributed by atoms with Gasteiger partial charge in [-0.3, -0.25) is 4.79 Å². The molecule has 0 fully saturated rings. The molecule has 2 heterocycles. The quantitative estimate of drug-likeness (QED) is 0.327. The van der Waals surface area contributed by atoms with E-state index < -0.39 is 0 Å². The van der Waals surface area contributed by atoms with Crippen LogP contribution in [0.15, 0.2) is 65.1 Å².